The lowest BCUT2D eigenvalue weighted by molar-refractivity contribution is 0.0725. The van der Waals surface area contributed by atoms with Crippen LogP contribution in [0, 0.1) is 5.41 Å². The summed E-state index contributed by atoms with van der Waals surface area (Å²) in [6.07, 6.45) is 7.92. The maximum atomic E-state index is 6.06. The van der Waals surface area contributed by atoms with Gasteiger partial charge in [-0.2, -0.15) is 0 Å². The maximum Gasteiger partial charge on any atom is 0.0110 e. The predicted molar refractivity (Wildman–Crippen MR) is 64.8 cm³/mol. The fraction of sp³-hybridized carbons (Fsp3) is 1.00. The van der Waals surface area contributed by atoms with Crippen molar-refractivity contribution in [3.63, 3.8) is 0 Å². The highest BCUT2D eigenvalue weighted by Crippen LogP contribution is 2.33. The molecule has 1 heterocycles. The number of nitrogens with zero attached hydrogens (tertiary/aromatic N) is 1. The van der Waals surface area contributed by atoms with Crippen LogP contribution in [-0.2, 0) is 0 Å². The number of hydrogen-bond acceptors (Lipinski definition) is 2. The van der Waals surface area contributed by atoms with Crippen LogP contribution in [-0.4, -0.2) is 30.1 Å². The van der Waals surface area contributed by atoms with E-state index in [0.717, 1.165) is 6.04 Å². The second-order valence-electron chi connectivity index (χ2n) is 6.28. The zero-order valence-electron chi connectivity index (χ0n) is 10.3. The number of rotatable bonds is 1. The molecule has 0 aromatic carbocycles. The van der Waals surface area contributed by atoms with E-state index < -0.39 is 0 Å². The first kappa shape index (κ1) is 11.4. The summed E-state index contributed by atoms with van der Waals surface area (Å²) in [6, 6.07) is 1.27. The average molecular weight is 210 g/mol. The first-order valence-corrected chi connectivity index (χ1v) is 6.56. The Bertz CT molecular complexity index is 203. The molecule has 2 fully saturated rings. The first-order chi connectivity index (χ1) is 7.07. The zero-order valence-corrected chi connectivity index (χ0v) is 10.3. The topological polar surface area (TPSA) is 29.3 Å². The molecule has 0 amide bonds. The Morgan fingerprint density at radius 2 is 1.80 bits per heavy atom. The largest absolute Gasteiger partial charge is 0.328 e. The van der Waals surface area contributed by atoms with Gasteiger partial charge in [0.05, 0.1) is 0 Å². The van der Waals surface area contributed by atoms with Crippen LogP contribution < -0.4 is 5.73 Å². The first-order valence-electron chi connectivity index (χ1n) is 6.56. The minimum absolute atomic E-state index is 0.471. The summed E-state index contributed by atoms with van der Waals surface area (Å²) >= 11 is 0. The maximum absolute atomic E-state index is 6.06. The van der Waals surface area contributed by atoms with Crippen molar-refractivity contribution < 1.29 is 0 Å². The van der Waals surface area contributed by atoms with Crippen molar-refractivity contribution in [2.24, 2.45) is 11.1 Å². The lowest BCUT2D eigenvalue weighted by Crippen LogP contribution is -2.47. The van der Waals surface area contributed by atoms with Crippen molar-refractivity contribution >= 4 is 0 Å². The van der Waals surface area contributed by atoms with Crippen molar-refractivity contribution in [3.8, 4) is 0 Å². The number of likely N-dealkylation sites (tertiary alicyclic amines) is 1. The van der Waals surface area contributed by atoms with Gasteiger partial charge < -0.3 is 10.6 Å². The van der Waals surface area contributed by atoms with Gasteiger partial charge in [-0.05, 0) is 50.6 Å². The smallest absolute Gasteiger partial charge is 0.0110 e. The normalized spacial score (nSPS) is 37.8. The summed E-state index contributed by atoms with van der Waals surface area (Å²) in [7, 11) is 0. The molecule has 0 spiro atoms. The van der Waals surface area contributed by atoms with Crippen LogP contribution in [0.25, 0.3) is 0 Å². The third kappa shape index (κ3) is 2.94. The van der Waals surface area contributed by atoms with Gasteiger partial charge in [0.15, 0.2) is 0 Å². The molecule has 15 heavy (non-hydrogen) atoms. The molecule has 88 valence electrons. The molecule has 0 radical (unpaired) electrons. The molecule has 2 N–H and O–H groups in total. The predicted octanol–water partition coefficient (Wildman–Crippen LogP) is 2.38. The van der Waals surface area contributed by atoms with E-state index in [2.05, 4.69) is 18.7 Å². The molecule has 2 unspecified atom stereocenters. The fourth-order valence-electron chi connectivity index (χ4n) is 3.03. The van der Waals surface area contributed by atoms with Crippen LogP contribution in [0.2, 0.25) is 0 Å². The average Bonchev–Trinajstić information content (AvgIpc) is 2.17. The third-order valence-corrected chi connectivity index (χ3v) is 4.36. The Labute approximate surface area is 94.2 Å². The molecule has 1 saturated carbocycles. The Hall–Kier alpha value is -0.0800. The molecule has 2 heteroatoms. The van der Waals surface area contributed by atoms with E-state index in [-0.39, 0.29) is 0 Å². The van der Waals surface area contributed by atoms with E-state index in [0.29, 0.717) is 11.5 Å². The molecule has 2 aliphatic rings. The Morgan fingerprint density at radius 1 is 1.13 bits per heavy atom. The molecule has 1 aliphatic heterocycles. The summed E-state index contributed by atoms with van der Waals surface area (Å²) in [5.41, 5.74) is 6.64. The summed E-state index contributed by atoms with van der Waals surface area (Å²) in [5, 5.41) is 0. The summed E-state index contributed by atoms with van der Waals surface area (Å²) in [5.74, 6) is 0. The Kier molecular flexibility index (Phi) is 3.36. The third-order valence-electron chi connectivity index (χ3n) is 4.36. The fourth-order valence-corrected chi connectivity index (χ4v) is 3.03. The van der Waals surface area contributed by atoms with Crippen molar-refractivity contribution in [1.29, 1.82) is 0 Å². The van der Waals surface area contributed by atoms with Gasteiger partial charge in [-0.1, -0.05) is 20.3 Å². The quantitative estimate of drug-likeness (QED) is 0.720. The Balaban J connectivity index is 1.84. The highest BCUT2D eigenvalue weighted by atomic mass is 15.2. The van der Waals surface area contributed by atoms with Crippen LogP contribution in [0.4, 0.5) is 0 Å². The number of piperidine rings is 1. The highest BCUT2D eigenvalue weighted by molar-refractivity contribution is 4.86. The molecular weight excluding hydrogens is 184 g/mol. The van der Waals surface area contributed by atoms with Crippen molar-refractivity contribution in [2.75, 3.05) is 13.1 Å². The van der Waals surface area contributed by atoms with Gasteiger partial charge >= 0.3 is 0 Å². The molecule has 0 aromatic heterocycles. The van der Waals surface area contributed by atoms with Gasteiger partial charge in [-0.15, -0.1) is 0 Å². The van der Waals surface area contributed by atoms with Crippen LogP contribution in [0.1, 0.15) is 52.4 Å². The minimum Gasteiger partial charge on any atom is -0.328 e. The summed E-state index contributed by atoms with van der Waals surface area (Å²) in [4.78, 5) is 2.70. The van der Waals surface area contributed by atoms with Gasteiger partial charge in [0.1, 0.15) is 0 Å². The zero-order chi connectivity index (χ0) is 10.9. The monoisotopic (exact) mass is 210 g/mol. The highest BCUT2D eigenvalue weighted by Gasteiger charge is 2.31. The van der Waals surface area contributed by atoms with Gasteiger partial charge in [-0.25, -0.2) is 0 Å². The lowest BCUT2D eigenvalue weighted by Gasteiger charge is -2.43. The molecule has 2 nitrogen and oxygen atoms in total. The van der Waals surface area contributed by atoms with E-state index in [9.17, 15) is 0 Å². The van der Waals surface area contributed by atoms with Gasteiger partial charge in [0.25, 0.3) is 0 Å². The summed E-state index contributed by atoms with van der Waals surface area (Å²) < 4.78 is 0. The van der Waals surface area contributed by atoms with Crippen molar-refractivity contribution in [2.45, 2.75) is 64.5 Å². The van der Waals surface area contributed by atoms with E-state index in [1.54, 1.807) is 0 Å². The van der Waals surface area contributed by atoms with E-state index in [1.165, 1.54) is 51.6 Å². The van der Waals surface area contributed by atoms with Crippen LogP contribution >= 0.6 is 0 Å². The molecule has 0 aromatic rings. The lowest BCUT2D eigenvalue weighted by atomic mass is 9.81. The number of hydrogen-bond donors (Lipinski definition) is 1. The Morgan fingerprint density at radius 3 is 2.40 bits per heavy atom. The minimum atomic E-state index is 0.471. The van der Waals surface area contributed by atoms with Gasteiger partial charge in [-0.3, -0.25) is 0 Å². The molecular formula is C13H26N2. The van der Waals surface area contributed by atoms with Gasteiger partial charge in [0, 0.05) is 12.1 Å². The summed E-state index contributed by atoms with van der Waals surface area (Å²) in [6.45, 7) is 7.39. The van der Waals surface area contributed by atoms with Crippen LogP contribution in [0.3, 0.4) is 0 Å². The molecule has 2 rings (SSSR count). The van der Waals surface area contributed by atoms with Crippen LogP contribution in [0.5, 0.6) is 0 Å². The van der Waals surface area contributed by atoms with Gasteiger partial charge in [0.2, 0.25) is 0 Å². The second-order valence-corrected chi connectivity index (χ2v) is 6.28. The molecule has 1 saturated heterocycles. The molecule has 2 atom stereocenters. The second kappa shape index (κ2) is 4.42. The SMILES string of the molecule is CC1(C)CCN(C2CCCC(N)C2)CC1. The molecule has 1 aliphatic carbocycles. The molecule has 0 bridgehead atoms. The van der Waals surface area contributed by atoms with E-state index in [1.807, 2.05) is 0 Å². The standard InChI is InChI=1S/C13H26N2/c1-13(2)6-8-15(9-7-13)12-5-3-4-11(14)10-12/h11-12H,3-10,14H2,1-2H3. The van der Waals surface area contributed by atoms with Crippen molar-refractivity contribution in [3.05, 3.63) is 0 Å². The number of nitrogens with two attached hydrogens (primary N) is 1. The van der Waals surface area contributed by atoms with Crippen LogP contribution in [0.15, 0.2) is 0 Å². The van der Waals surface area contributed by atoms with Crippen molar-refractivity contribution in [1.82, 2.24) is 4.90 Å². The van der Waals surface area contributed by atoms with E-state index >= 15 is 0 Å². The van der Waals surface area contributed by atoms with E-state index in [4.69, 9.17) is 5.73 Å².